The molecule has 0 aromatic rings. The van der Waals surface area contributed by atoms with Crippen molar-refractivity contribution in [2.24, 2.45) is 98.6 Å². The van der Waals surface area contributed by atoms with Crippen molar-refractivity contribution in [2.75, 3.05) is 19.9 Å². The average Bonchev–Trinajstić information content (AvgIpc) is 3.80. The van der Waals surface area contributed by atoms with Crippen LogP contribution in [0.4, 0.5) is 0 Å². The van der Waals surface area contributed by atoms with E-state index in [1.54, 1.807) is 0 Å². The highest BCUT2D eigenvalue weighted by atomic mass is 32.5. The minimum Gasteiger partial charge on any atom is -0.393 e. The van der Waals surface area contributed by atoms with Gasteiger partial charge in [-0.2, -0.15) is 0 Å². The molecule has 13 heteroatoms. The molecule has 0 aromatic carbocycles. The molecule has 0 aliphatic heterocycles. The number of carbonyl (C=O) groups is 3. The van der Waals surface area contributed by atoms with E-state index in [1.807, 2.05) is 0 Å². The molecule has 8 aliphatic rings. The third-order valence-corrected chi connectivity index (χ3v) is 23.5. The zero-order chi connectivity index (χ0) is 49.1. The number of unbranched alkanes of at least 4 members (excludes halogenated alkanes) is 1. The van der Waals surface area contributed by atoms with Gasteiger partial charge in [-0.25, -0.2) is 0 Å². The topological polar surface area (TPSA) is 186 Å². The van der Waals surface area contributed by atoms with Crippen molar-refractivity contribution in [1.82, 2.24) is 10.6 Å². The lowest BCUT2D eigenvalue weighted by Crippen LogP contribution is -2.58. The normalized spacial score (nSPS) is 46.2. The molecule has 2 amide bonds. The molecule has 0 saturated heterocycles. The predicted molar refractivity (Wildman–Crippen MR) is 269 cm³/mol. The van der Waals surface area contributed by atoms with E-state index in [0.717, 1.165) is 103 Å². The van der Waals surface area contributed by atoms with Gasteiger partial charge in [0.2, 0.25) is 11.8 Å². The van der Waals surface area contributed by atoms with Crippen LogP contribution >= 0.6 is 6.49 Å². The third-order valence-electron chi connectivity index (χ3n) is 22.6. The maximum absolute atomic E-state index is 14.0. The Morgan fingerprint density at radius 3 is 1.60 bits per heavy atom. The van der Waals surface area contributed by atoms with E-state index in [1.165, 1.54) is 6.66 Å². The van der Waals surface area contributed by atoms with Crippen LogP contribution in [0.3, 0.4) is 0 Å². The molecule has 0 aromatic heterocycles. The minimum atomic E-state index is -2.97. The first-order valence-corrected chi connectivity index (χ1v) is 30.8. The molecule has 8 saturated carbocycles. The van der Waals surface area contributed by atoms with Gasteiger partial charge in [-0.1, -0.05) is 48.0 Å². The summed E-state index contributed by atoms with van der Waals surface area (Å²) < 4.78 is 5.33. The van der Waals surface area contributed by atoms with Gasteiger partial charge in [0.05, 0.1) is 24.4 Å². The van der Waals surface area contributed by atoms with Gasteiger partial charge in [0, 0.05) is 38.4 Å². The Morgan fingerprint density at radius 2 is 1.10 bits per heavy atom. The van der Waals surface area contributed by atoms with Crippen molar-refractivity contribution in [2.45, 2.75) is 207 Å². The SMILES string of the molecule is C[C@H](CC(=O)CC(CCCCNC(=O)C[C@@H](C)C1CCC2C3C(O)CC4C[C@H](O)CC[C@]4(C)C3CC[C@@]21C)C(=O)NCOP(C)(O)=S)C1CCC2C3C(O)CC4C[C@H](O)CC[C@]4(C)C3CC[C@@]21C. The number of aliphatic hydroxyl groups excluding tert-OH is 4. The number of nitrogens with one attached hydrogen (secondary N) is 2. The number of hydrogen-bond donors (Lipinski definition) is 7. The number of aliphatic hydroxyl groups is 4. The molecule has 0 bridgehead atoms. The maximum atomic E-state index is 14.0. The second-order valence-corrected chi connectivity index (χ2v) is 30.1. The van der Waals surface area contributed by atoms with E-state index in [0.29, 0.717) is 91.9 Å². The molecule has 0 spiro atoms. The van der Waals surface area contributed by atoms with Crippen LogP contribution in [0.2, 0.25) is 0 Å². The molecule has 8 rings (SSSR count). The van der Waals surface area contributed by atoms with Crippen molar-refractivity contribution < 1.29 is 44.2 Å². The summed E-state index contributed by atoms with van der Waals surface area (Å²) in [6.45, 7) is 13.0. The summed E-state index contributed by atoms with van der Waals surface area (Å²) in [5, 5.41) is 50.3. The number of carbonyl (C=O) groups excluding carboxylic acids is 3. The highest BCUT2D eigenvalue weighted by Crippen LogP contribution is 2.70. The second kappa shape index (κ2) is 20.7. The van der Waals surface area contributed by atoms with Crippen LogP contribution in [0.15, 0.2) is 0 Å². The lowest BCUT2D eigenvalue weighted by Gasteiger charge is -2.62. The van der Waals surface area contributed by atoms with Crippen molar-refractivity contribution in [3.63, 3.8) is 0 Å². The first kappa shape index (κ1) is 53.3. The lowest BCUT2D eigenvalue weighted by molar-refractivity contribution is -0.174. The summed E-state index contributed by atoms with van der Waals surface area (Å²) in [6.07, 6.45) is 17.6. The van der Waals surface area contributed by atoms with E-state index >= 15 is 0 Å². The van der Waals surface area contributed by atoms with E-state index in [2.05, 4.69) is 52.2 Å². The summed E-state index contributed by atoms with van der Waals surface area (Å²) in [4.78, 5) is 51.1. The summed E-state index contributed by atoms with van der Waals surface area (Å²) in [6, 6.07) is 0. The summed E-state index contributed by atoms with van der Waals surface area (Å²) in [5.41, 5.74) is 0.527. The highest BCUT2D eigenvalue weighted by molar-refractivity contribution is 8.09. The maximum Gasteiger partial charge on any atom is 0.225 e. The molecule has 22 atom stereocenters. The van der Waals surface area contributed by atoms with E-state index < -0.39 is 12.4 Å². The number of hydrogen-bond acceptors (Lipinski definition) is 9. The Balaban J connectivity index is 0.812. The van der Waals surface area contributed by atoms with Gasteiger partial charge >= 0.3 is 0 Å². The van der Waals surface area contributed by atoms with Crippen molar-refractivity contribution in [1.29, 1.82) is 0 Å². The van der Waals surface area contributed by atoms with Gasteiger partial charge < -0.3 is 40.5 Å². The third kappa shape index (κ3) is 10.4. The quantitative estimate of drug-likeness (QED) is 0.0422. The van der Waals surface area contributed by atoms with Crippen LogP contribution in [0, 0.1) is 98.6 Å². The fraction of sp³-hybridized carbons (Fsp3) is 0.945. The molecule has 8 fully saturated rings. The predicted octanol–water partition coefficient (Wildman–Crippen LogP) is 8.90. The molecular formula is C55H93N2O9PS. The Morgan fingerprint density at radius 1 is 0.632 bits per heavy atom. The standard InChI is InChI=1S/C55H93N2O9PS/c1-32(40-11-13-42-49-44(17-21-54(40,42)5)52(3)19-15-37(58)27-35(52)29-46(49)61)24-39(60)26-34(51(64)57-31-66-67(7,65)68)10-8-9-23-56-48(63)25-33(2)41-12-14-43-50-45(18-22-55(41,43)6)53(4)20-16-38(59)28-36(53)30-47(50)62/h32-38,40-47,49-50,58-59,61-62H,8-31H2,1-7H3,(H,56,63)(H,57,64)(H,65,68)/t32-,33-,34?,35?,36?,37-,38-,40?,41?,42?,43?,44?,45?,46?,47?,49?,50?,52+,53+,54-,55-,67?/m1/s1. The second-order valence-electron chi connectivity index (χ2n) is 26.2. The molecule has 0 heterocycles. The molecule has 11 nitrogen and oxygen atoms in total. The summed E-state index contributed by atoms with van der Waals surface area (Å²) in [7, 11) is 0. The van der Waals surface area contributed by atoms with Crippen molar-refractivity contribution >= 4 is 35.9 Å². The zero-order valence-corrected chi connectivity index (χ0v) is 44.7. The van der Waals surface area contributed by atoms with Crippen LogP contribution in [-0.2, 0) is 30.7 Å². The van der Waals surface area contributed by atoms with Crippen LogP contribution in [0.1, 0.15) is 183 Å². The minimum absolute atomic E-state index is 0.0550. The number of rotatable bonds is 17. The molecular weight excluding hydrogens is 896 g/mol. The fourth-order valence-electron chi connectivity index (χ4n) is 19.2. The van der Waals surface area contributed by atoms with Crippen molar-refractivity contribution in [3.05, 3.63) is 0 Å². The fourth-order valence-corrected chi connectivity index (χ4v) is 19.6. The van der Waals surface area contributed by atoms with E-state index in [4.69, 9.17) is 16.3 Å². The zero-order valence-electron chi connectivity index (χ0n) is 43.0. The van der Waals surface area contributed by atoms with E-state index in [9.17, 15) is 39.7 Å². The molecule has 7 N–H and O–H groups in total. The molecule has 0 radical (unpaired) electrons. The largest absolute Gasteiger partial charge is 0.393 e. The van der Waals surface area contributed by atoms with Crippen LogP contribution in [0.5, 0.6) is 0 Å². The monoisotopic (exact) mass is 989 g/mol. The molecule has 14 unspecified atom stereocenters. The Kier molecular flexibility index (Phi) is 16.3. The van der Waals surface area contributed by atoms with Gasteiger partial charge in [0.25, 0.3) is 0 Å². The number of amides is 2. The first-order valence-electron chi connectivity index (χ1n) is 27.7. The van der Waals surface area contributed by atoms with Gasteiger partial charge in [-0.15, -0.1) is 0 Å². The van der Waals surface area contributed by atoms with Gasteiger partial charge in [0.1, 0.15) is 12.5 Å². The van der Waals surface area contributed by atoms with Crippen LogP contribution < -0.4 is 10.6 Å². The highest BCUT2D eigenvalue weighted by Gasteiger charge is 2.65. The number of fused-ring (bicyclic) bond motifs is 10. The lowest BCUT2D eigenvalue weighted by atomic mass is 9.43. The molecule has 8 aliphatic carbocycles. The molecule has 388 valence electrons. The Hall–Kier alpha value is -0.980. The Bertz CT molecular complexity index is 1870. The van der Waals surface area contributed by atoms with E-state index in [-0.39, 0.29) is 94.6 Å². The van der Waals surface area contributed by atoms with Crippen LogP contribution in [-0.4, -0.2) is 87.3 Å². The average molecular weight is 989 g/mol. The number of Topliss-reactive ketones (excluding diaryl/α,β-unsaturated/α-hetero) is 1. The van der Waals surface area contributed by atoms with Crippen LogP contribution in [0.25, 0.3) is 0 Å². The van der Waals surface area contributed by atoms with Crippen molar-refractivity contribution in [3.8, 4) is 0 Å². The molecule has 68 heavy (non-hydrogen) atoms. The Labute approximate surface area is 414 Å². The summed E-state index contributed by atoms with van der Waals surface area (Å²) in [5.74, 6) is 3.71. The summed E-state index contributed by atoms with van der Waals surface area (Å²) >= 11 is 5.02. The number of ketones is 1. The van der Waals surface area contributed by atoms with Gasteiger partial charge in [0.15, 0.2) is 6.49 Å². The first-order chi connectivity index (χ1) is 32.0. The van der Waals surface area contributed by atoms with Gasteiger partial charge in [-0.05, 0) is 220 Å². The van der Waals surface area contributed by atoms with Gasteiger partial charge in [-0.3, -0.25) is 14.4 Å². The smallest absolute Gasteiger partial charge is 0.225 e.